The van der Waals surface area contributed by atoms with E-state index in [-0.39, 0.29) is 24.4 Å². The lowest BCUT2D eigenvalue weighted by atomic mass is 10.1. The maximum Gasteiger partial charge on any atom is 0.222 e. The highest BCUT2D eigenvalue weighted by Gasteiger charge is 2.18. The lowest BCUT2D eigenvalue weighted by Crippen LogP contribution is -2.27. The van der Waals surface area contributed by atoms with E-state index in [1.807, 2.05) is 0 Å². The van der Waals surface area contributed by atoms with Gasteiger partial charge < -0.3 is 15.8 Å². The molecule has 104 valence electrons. The third kappa shape index (κ3) is 4.01. The average molecular weight is 266 g/mol. The van der Waals surface area contributed by atoms with E-state index in [4.69, 9.17) is 10.5 Å². The van der Waals surface area contributed by atoms with Crippen LogP contribution in [0.15, 0.2) is 18.2 Å². The fourth-order valence-electron chi connectivity index (χ4n) is 2.14. The number of nitrogens with two attached hydrogens (primary N) is 1. The van der Waals surface area contributed by atoms with E-state index in [0.29, 0.717) is 18.5 Å². The van der Waals surface area contributed by atoms with E-state index in [2.05, 4.69) is 5.32 Å². The monoisotopic (exact) mass is 266 g/mol. The molecule has 2 rings (SSSR count). The Hall–Kier alpha value is -1.46. The molecule has 0 aromatic heterocycles. The number of carbonyl (C=O) groups excluding carboxylic acids is 1. The molecular weight excluding hydrogens is 247 g/mol. The second-order valence-corrected chi connectivity index (χ2v) is 4.75. The number of hydrogen-bond donors (Lipinski definition) is 2. The first kappa shape index (κ1) is 14.0. The number of benzene rings is 1. The van der Waals surface area contributed by atoms with Gasteiger partial charge in [-0.15, -0.1) is 0 Å². The molecule has 19 heavy (non-hydrogen) atoms. The van der Waals surface area contributed by atoms with E-state index in [1.54, 1.807) is 12.1 Å². The third-order valence-electron chi connectivity index (χ3n) is 3.27. The summed E-state index contributed by atoms with van der Waals surface area (Å²) in [6, 6.07) is 4.83. The van der Waals surface area contributed by atoms with Crippen LogP contribution in [0.5, 0.6) is 0 Å². The van der Waals surface area contributed by atoms with Crippen molar-refractivity contribution >= 4 is 5.91 Å². The van der Waals surface area contributed by atoms with Crippen LogP contribution in [-0.4, -0.2) is 18.6 Å². The highest BCUT2D eigenvalue weighted by atomic mass is 19.1. The van der Waals surface area contributed by atoms with Gasteiger partial charge in [-0.1, -0.05) is 12.1 Å². The fraction of sp³-hybridized carbons (Fsp3) is 0.500. The number of hydrogen-bond acceptors (Lipinski definition) is 3. The van der Waals surface area contributed by atoms with E-state index < -0.39 is 0 Å². The number of amides is 1. The van der Waals surface area contributed by atoms with Crippen molar-refractivity contribution in [3.63, 3.8) is 0 Å². The van der Waals surface area contributed by atoms with Crippen molar-refractivity contribution < 1.29 is 13.9 Å². The number of nitrogens with one attached hydrogen (secondary N) is 1. The lowest BCUT2D eigenvalue weighted by molar-refractivity contribution is -0.123. The molecule has 1 unspecified atom stereocenters. The molecule has 3 N–H and O–H groups in total. The first-order valence-corrected chi connectivity index (χ1v) is 6.54. The van der Waals surface area contributed by atoms with Gasteiger partial charge in [0.15, 0.2) is 0 Å². The van der Waals surface area contributed by atoms with E-state index in [0.717, 1.165) is 25.0 Å². The number of carbonyl (C=O) groups is 1. The first-order chi connectivity index (χ1) is 9.19. The molecule has 0 bridgehead atoms. The number of ether oxygens (including phenoxy) is 1. The molecule has 0 saturated carbocycles. The van der Waals surface area contributed by atoms with Crippen LogP contribution in [0.3, 0.4) is 0 Å². The molecule has 0 aliphatic carbocycles. The van der Waals surface area contributed by atoms with E-state index in [1.165, 1.54) is 6.07 Å². The molecule has 1 aromatic carbocycles. The molecule has 1 heterocycles. The summed E-state index contributed by atoms with van der Waals surface area (Å²) in [7, 11) is 0. The molecule has 4 nitrogen and oxygen atoms in total. The van der Waals surface area contributed by atoms with Crippen molar-refractivity contribution in [2.75, 3.05) is 6.61 Å². The zero-order valence-corrected chi connectivity index (χ0v) is 10.8. The second kappa shape index (κ2) is 6.63. The van der Waals surface area contributed by atoms with Crippen molar-refractivity contribution in [2.45, 2.75) is 38.5 Å². The Labute approximate surface area is 112 Å². The maximum atomic E-state index is 13.7. The summed E-state index contributed by atoms with van der Waals surface area (Å²) in [5, 5.41) is 2.71. The minimum Gasteiger partial charge on any atom is -0.378 e. The Morgan fingerprint density at radius 3 is 3.00 bits per heavy atom. The molecule has 1 amide bonds. The van der Waals surface area contributed by atoms with Gasteiger partial charge in [-0.25, -0.2) is 4.39 Å². The summed E-state index contributed by atoms with van der Waals surface area (Å²) in [4.78, 5) is 11.7. The molecule has 1 fully saturated rings. The van der Waals surface area contributed by atoms with Crippen LogP contribution >= 0.6 is 0 Å². The van der Waals surface area contributed by atoms with E-state index >= 15 is 0 Å². The average Bonchev–Trinajstić information content (AvgIpc) is 2.90. The lowest BCUT2D eigenvalue weighted by Gasteiger charge is -2.10. The predicted molar refractivity (Wildman–Crippen MR) is 69.7 cm³/mol. The fourth-order valence-corrected chi connectivity index (χ4v) is 2.14. The van der Waals surface area contributed by atoms with Gasteiger partial charge in [-0.05, 0) is 24.5 Å². The number of rotatable bonds is 5. The zero-order valence-electron chi connectivity index (χ0n) is 10.8. The standard InChI is InChI=1S/C14H19FN2O2/c15-13-6-10(8-16)3-4-11(13)9-17-14(18)7-12-2-1-5-19-12/h3-4,6,12H,1-2,5,7-9,16H2,(H,17,18). The van der Waals surface area contributed by atoms with Gasteiger partial charge in [0.25, 0.3) is 0 Å². The van der Waals surface area contributed by atoms with Crippen LogP contribution in [-0.2, 0) is 22.6 Å². The van der Waals surface area contributed by atoms with Crippen molar-refractivity contribution in [3.05, 3.63) is 35.1 Å². The first-order valence-electron chi connectivity index (χ1n) is 6.54. The van der Waals surface area contributed by atoms with Crippen molar-refractivity contribution in [2.24, 2.45) is 5.73 Å². The normalized spacial score (nSPS) is 18.5. The van der Waals surface area contributed by atoms with Gasteiger partial charge in [0.05, 0.1) is 12.5 Å². The summed E-state index contributed by atoms with van der Waals surface area (Å²) in [5.41, 5.74) is 6.64. The molecule has 1 aliphatic rings. The molecule has 1 aliphatic heterocycles. The summed E-state index contributed by atoms with van der Waals surface area (Å²) in [6.45, 7) is 1.23. The van der Waals surface area contributed by atoms with E-state index in [9.17, 15) is 9.18 Å². The third-order valence-corrected chi connectivity index (χ3v) is 3.27. The smallest absolute Gasteiger partial charge is 0.222 e. The van der Waals surface area contributed by atoms with Gasteiger partial charge in [0, 0.05) is 25.3 Å². The Morgan fingerprint density at radius 2 is 2.37 bits per heavy atom. The SMILES string of the molecule is NCc1ccc(CNC(=O)CC2CCCO2)c(F)c1. The van der Waals surface area contributed by atoms with Crippen LogP contribution < -0.4 is 11.1 Å². The minimum atomic E-state index is -0.333. The zero-order chi connectivity index (χ0) is 13.7. The Balaban J connectivity index is 1.82. The van der Waals surface area contributed by atoms with Gasteiger partial charge in [-0.3, -0.25) is 4.79 Å². The second-order valence-electron chi connectivity index (χ2n) is 4.75. The molecule has 5 heteroatoms. The molecule has 1 aromatic rings. The Morgan fingerprint density at radius 1 is 1.53 bits per heavy atom. The van der Waals surface area contributed by atoms with Crippen LogP contribution in [0.4, 0.5) is 4.39 Å². The highest BCUT2D eigenvalue weighted by Crippen LogP contribution is 2.15. The topological polar surface area (TPSA) is 64.3 Å². The van der Waals surface area contributed by atoms with Crippen molar-refractivity contribution in [1.82, 2.24) is 5.32 Å². The molecule has 0 spiro atoms. The molecule has 1 atom stereocenters. The van der Waals surface area contributed by atoms with Crippen LogP contribution in [0, 0.1) is 5.82 Å². The Kier molecular flexibility index (Phi) is 4.87. The highest BCUT2D eigenvalue weighted by molar-refractivity contribution is 5.76. The van der Waals surface area contributed by atoms with Gasteiger partial charge in [0.2, 0.25) is 5.91 Å². The largest absolute Gasteiger partial charge is 0.378 e. The molecular formula is C14H19FN2O2. The quantitative estimate of drug-likeness (QED) is 0.848. The summed E-state index contributed by atoms with van der Waals surface area (Å²) in [5.74, 6) is -0.436. The van der Waals surface area contributed by atoms with Gasteiger partial charge >= 0.3 is 0 Å². The van der Waals surface area contributed by atoms with Crippen LogP contribution in [0.2, 0.25) is 0 Å². The van der Waals surface area contributed by atoms with Crippen molar-refractivity contribution in [1.29, 1.82) is 0 Å². The van der Waals surface area contributed by atoms with Gasteiger partial charge in [-0.2, -0.15) is 0 Å². The van der Waals surface area contributed by atoms with Crippen LogP contribution in [0.1, 0.15) is 30.4 Å². The summed E-state index contributed by atoms with van der Waals surface area (Å²) >= 11 is 0. The maximum absolute atomic E-state index is 13.7. The molecule has 1 saturated heterocycles. The predicted octanol–water partition coefficient (Wildman–Crippen LogP) is 1.47. The minimum absolute atomic E-state index is 0.0180. The van der Waals surface area contributed by atoms with Gasteiger partial charge in [0.1, 0.15) is 5.82 Å². The van der Waals surface area contributed by atoms with Crippen molar-refractivity contribution in [3.8, 4) is 0 Å². The van der Waals surface area contributed by atoms with Crippen LogP contribution in [0.25, 0.3) is 0 Å². The summed E-state index contributed by atoms with van der Waals surface area (Å²) < 4.78 is 19.0. The Bertz CT molecular complexity index is 445. The summed E-state index contributed by atoms with van der Waals surface area (Å²) in [6.07, 6.45) is 2.30. The molecule has 0 radical (unpaired) electrons. The number of halogens is 1.